The summed E-state index contributed by atoms with van der Waals surface area (Å²) in [5, 5.41) is 0. The van der Waals surface area contributed by atoms with Gasteiger partial charge in [0.1, 0.15) is 5.75 Å². The number of ketones is 1. The summed E-state index contributed by atoms with van der Waals surface area (Å²) in [7, 11) is 0. The highest BCUT2D eigenvalue weighted by Crippen LogP contribution is 2.22. The molecule has 3 heteroatoms. The summed E-state index contributed by atoms with van der Waals surface area (Å²) in [4.78, 5) is 14.8. The van der Waals surface area contributed by atoms with Crippen LogP contribution in [0.25, 0.3) is 0 Å². The number of benzene rings is 1. The molecule has 3 nitrogen and oxygen atoms in total. The van der Waals surface area contributed by atoms with E-state index in [1.165, 1.54) is 19.3 Å². The molecule has 1 aromatic rings. The Balaban J connectivity index is 1.98. The van der Waals surface area contributed by atoms with Crippen molar-refractivity contribution in [3.8, 4) is 5.75 Å². The van der Waals surface area contributed by atoms with Crippen molar-refractivity contribution in [3.63, 3.8) is 0 Å². The van der Waals surface area contributed by atoms with E-state index < -0.39 is 0 Å². The number of aryl methyl sites for hydroxylation is 1. The zero-order chi connectivity index (χ0) is 14.4. The number of Topliss-reactive ketones (excluding diaryl/α,β-unsaturated/α-hetero) is 1. The monoisotopic (exact) mass is 275 g/mol. The van der Waals surface area contributed by atoms with Crippen LogP contribution in [0.1, 0.15) is 48.5 Å². The van der Waals surface area contributed by atoms with Crippen LogP contribution in [0, 0.1) is 6.92 Å². The number of piperidine rings is 1. The van der Waals surface area contributed by atoms with Crippen LogP contribution in [0.15, 0.2) is 18.2 Å². The van der Waals surface area contributed by atoms with E-state index >= 15 is 0 Å². The van der Waals surface area contributed by atoms with Crippen molar-refractivity contribution in [1.29, 1.82) is 0 Å². The molecule has 0 aliphatic carbocycles. The number of carbonyl (C=O) groups is 1. The van der Waals surface area contributed by atoms with E-state index in [2.05, 4.69) is 4.90 Å². The molecule has 0 radical (unpaired) electrons. The molecule has 2 rings (SSSR count). The van der Waals surface area contributed by atoms with Crippen molar-refractivity contribution in [3.05, 3.63) is 29.3 Å². The molecule has 0 unspecified atom stereocenters. The maximum atomic E-state index is 12.4. The lowest BCUT2D eigenvalue weighted by Crippen LogP contribution is -2.31. The molecule has 1 aliphatic rings. The molecule has 0 bridgehead atoms. The number of ether oxygens (including phenoxy) is 1. The second-order valence-corrected chi connectivity index (χ2v) is 5.51. The SMILES string of the molecule is CCOc1ccc(C)cc1C(=O)CCN1CCCCC1. The molecule has 110 valence electrons. The number of carbonyl (C=O) groups excluding carboxylic acids is 1. The average Bonchev–Trinajstić information content (AvgIpc) is 2.48. The fourth-order valence-corrected chi connectivity index (χ4v) is 2.72. The van der Waals surface area contributed by atoms with Crippen LogP contribution in [-0.2, 0) is 0 Å². The van der Waals surface area contributed by atoms with Crippen LogP contribution in [0.2, 0.25) is 0 Å². The third kappa shape index (κ3) is 4.07. The van der Waals surface area contributed by atoms with Crippen LogP contribution in [-0.4, -0.2) is 36.9 Å². The quantitative estimate of drug-likeness (QED) is 0.745. The molecule has 1 aromatic carbocycles. The summed E-state index contributed by atoms with van der Waals surface area (Å²) < 4.78 is 5.57. The lowest BCUT2D eigenvalue weighted by atomic mass is 10.0. The van der Waals surface area contributed by atoms with E-state index in [0.717, 1.165) is 36.5 Å². The first-order valence-electron chi connectivity index (χ1n) is 7.69. The fourth-order valence-electron chi connectivity index (χ4n) is 2.72. The number of likely N-dealkylation sites (tertiary alicyclic amines) is 1. The van der Waals surface area contributed by atoms with E-state index in [1.54, 1.807) is 0 Å². The molecule has 0 saturated carbocycles. The Kier molecular flexibility index (Phi) is 5.60. The smallest absolute Gasteiger partial charge is 0.167 e. The minimum Gasteiger partial charge on any atom is -0.493 e. The molecule has 0 atom stereocenters. The van der Waals surface area contributed by atoms with Crippen LogP contribution in [0.3, 0.4) is 0 Å². The highest BCUT2D eigenvalue weighted by Gasteiger charge is 2.16. The van der Waals surface area contributed by atoms with Crippen molar-refractivity contribution in [2.24, 2.45) is 0 Å². The highest BCUT2D eigenvalue weighted by molar-refractivity contribution is 5.99. The Morgan fingerprint density at radius 3 is 2.70 bits per heavy atom. The van der Waals surface area contributed by atoms with Gasteiger partial charge in [-0.1, -0.05) is 18.1 Å². The van der Waals surface area contributed by atoms with E-state index in [4.69, 9.17) is 4.74 Å². The second-order valence-electron chi connectivity index (χ2n) is 5.51. The van der Waals surface area contributed by atoms with Gasteiger partial charge in [-0.3, -0.25) is 4.79 Å². The Morgan fingerprint density at radius 2 is 2.00 bits per heavy atom. The van der Waals surface area contributed by atoms with Crippen molar-refractivity contribution < 1.29 is 9.53 Å². The normalized spacial score (nSPS) is 16.1. The fraction of sp³-hybridized carbons (Fsp3) is 0.588. The first-order chi connectivity index (χ1) is 9.70. The maximum absolute atomic E-state index is 12.4. The van der Waals surface area contributed by atoms with Gasteiger partial charge in [0.2, 0.25) is 0 Å². The van der Waals surface area contributed by atoms with Gasteiger partial charge >= 0.3 is 0 Å². The first kappa shape index (κ1) is 15.0. The van der Waals surface area contributed by atoms with Gasteiger partial charge in [0.25, 0.3) is 0 Å². The Hall–Kier alpha value is -1.35. The summed E-state index contributed by atoms with van der Waals surface area (Å²) >= 11 is 0. The Labute approximate surface area is 121 Å². The van der Waals surface area contributed by atoms with E-state index in [0.29, 0.717) is 13.0 Å². The number of hydrogen-bond acceptors (Lipinski definition) is 3. The van der Waals surface area contributed by atoms with Crippen LogP contribution in [0.4, 0.5) is 0 Å². The third-order valence-electron chi connectivity index (χ3n) is 3.84. The van der Waals surface area contributed by atoms with Gasteiger partial charge in [0.15, 0.2) is 5.78 Å². The molecular formula is C17H25NO2. The van der Waals surface area contributed by atoms with Gasteiger partial charge in [0, 0.05) is 13.0 Å². The standard InChI is InChI=1S/C17H25NO2/c1-3-20-17-8-7-14(2)13-15(17)16(19)9-12-18-10-5-4-6-11-18/h7-8,13H,3-6,9-12H2,1-2H3. The second kappa shape index (κ2) is 7.44. The minimum absolute atomic E-state index is 0.197. The zero-order valence-corrected chi connectivity index (χ0v) is 12.7. The molecule has 0 spiro atoms. The Bertz CT molecular complexity index is 450. The van der Waals surface area contributed by atoms with Crippen LogP contribution in [0.5, 0.6) is 5.75 Å². The summed E-state index contributed by atoms with van der Waals surface area (Å²) in [6.07, 6.45) is 4.45. The largest absolute Gasteiger partial charge is 0.493 e. The minimum atomic E-state index is 0.197. The van der Waals surface area contributed by atoms with Crippen molar-refractivity contribution in [2.75, 3.05) is 26.2 Å². The molecule has 1 heterocycles. The summed E-state index contributed by atoms with van der Waals surface area (Å²) in [5.41, 5.74) is 1.85. The van der Waals surface area contributed by atoms with Crippen LogP contribution < -0.4 is 4.74 Å². The van der Waals surface area contributed by atoms with Gasteiger partial charge in [-0.2, -0.15) is 0 Å². The number of nitrogens with zero attached hydrogens (tertiary/aromatic N) is 1. The van der Waals surface area contributed by atoms with E-state index in [9.17, 15) is 4.79 Å². The maximum Gasteiger partial charge on any atom is 0.167 e. The Morgan fingerprint density at radius 1 is 1.25 bits per heavy atom. The van der Waals surface area contributed by atoms with Crippen LogP contribution >= 0.6 is 0 Å². The molecule has 1 aliphatic heterocycles. The summed E-state index contributed by atoms with van der Waals surface area (Å²) in [6, 6.07) is 5.85. The number of hydrogen-bond donors (Lipinski definition) is 0. The molecule has 0 aromatic heterocycles. The van der Waals surface area contributed by atoms with Crippen molar-refractivity contribution in [2.45, 2.75) is 39.5 Å². The average molecular weight is 275 g/mol. The highest BCUT2D eigenvalue weighted by atomic mass is 16.5. The molecule has 1 saturated heterocycles. The van der Waals surface area contributed by atoms with Gasteiger partial charge in [-0.15, -0.1) is 0 Å². The van der Waals surface area contributed by atoms with Gasteiger partial charge < -0.3 is 9.64 Å². The predicted octanol–water partition coefficient (Wildman–Crippen LogP) is 3.45. The van der Waals surface area contributed by atoms with E-state index in [-0.39, 0.29) is 5.78 Å². The van der Waals surface area contributed by atoms with Crippen molar-refractivity contribution >= 4 is 5.78 Å². The van der Waals surface area contributed by atoms with Gasteiger partial charge in [0.05, 0.1) is 12.2 Å². The molecule has 20 heavy (non-hydrogen) atoms. The number of rotatable bonds is 6. The molecule has 0 N–H and O–H groups in total. The molecule has 1 fully saturated rings. The first-order valence-corrected chi connectivity index (χ1v) is 7.69. The predicted molar refractivity (Wildman–Crippen MR) is 81.6 cm³/mol. The van der Waals surface area contributed by atoms with Crippen molar-refractivity contribution in [1.82, 2.24) is 4.90 Å². The molecular weight excluding hydrogens is 250 g/mol. The lowest BCUT2D eigenvalue weighted by Gasteiger charge is -2.26. The summed E-state index contributed by atoms with van der Waals surface area (Å²) in [5.74, 6) is 0.921. The third-order valence-corrected chi connectivity index (χ3v) is 3.84. The summed E-state index contributed by atoms with van der Waals surface area (Å²) in [6.45, 7) is 7.70. The van der Waals surface area contributed by atoms with Gasteiger partial charge in [-0.25, -0.2) is 0 Å². The van der Waals surface area contributed by atoms with Gasteiger partial charge in [-0.05, 0) is 51.9 Å². The topological polar surface area (TPSA) is 29.5 Å². The van der Waals surface area contributed by atoms with E-state index in [1.807, 2.05) is 32.0 Å². The molecule has 0 amide bonds. The zero-order valence-electron chi connectivity index (χ0n) is 12.7. The lowest BCUT2D eigenvalue weighted by molar-refractivity contribution is 0.0955.